The summed E-state index contributed by atoms with van der Waals surface area (Å²) < 4.78 is 0. The maximum Gasteiger partial charge on any atom is 0.110 e. The summed E-state index contributed by atoms with van der Waals surface area (Å²) >= 11 is 1.93. The molecule has 1 aromatic rings. The largest absolute Gasteiger partial charge is 0.308 e. The number of fused-ring (bicyclic) bond motifs is 1. The summed E-state index contributed by atoms with van der Waals surface area (Å²) in [6.45, 7) is 5.58. The van der Waals surface area contributed by atoms with Crippen molar-refractivity contribution in [2.75, 3.05) is 6.54 Å². The van der Waals surface area contributed by atoms with Crippen LogP contribution in [0.4, 0.5) is 0 Å². The number of hydrogen-bond acceptors (Lipinski definition) is 3. The maximum absolute atomic E-state index is 4.79. The lowest BCUT2D eigenvalue weighted by molar-refractivity contribution is 0.550. The van der Waals surface area contributed by atoms with Gasteiger partial charge in [-0.25, -0.2) is 4.98 Å². The maximum atomic E-state index is 4.79. The zero-order valence-electron chi connectivity index (χ0n) is 10.4. The molecule has 1 aliphatic carbocycles. The van der Waals surface area contributed by atoms with E-state index in [0.717, 1.165) is 6.54 Å². The van der Waals surface area contributed by atoms with E-state index in [1.165, 1.54) is 49.2 Å². The lowest BCUT2D eigenvalue weighted by Crippen LogP contribution is -2.19. The number of thiazole rings is 1. The molecule has 1 heterocycles. The molecule has 0 fully saturated rings. The Hall–Kier alpha value is -0.410. The molecule has 2 nitrogen and oxygen atoms in total. The van der Waals surface area contributed by atoms with Crippen LogP contribution >= 0.6 is 11.3 Å². The molecule has 0 aromatic carbocycles. The van der Waals surface area contributed by atoms with Crippen molar-refractivity contribution in [3.63, 3.8) is 0 Å². The highest BCUT2D eigenvalue weighted by atomic mass is 32.1. The van der Waals surface area contributed by atoms with Crippen LogP contribution < -0.4 is 5.32 Å². The predicted octanol–water partition coefficient (Wildman–Crippen LogP) is 3.47. The molecule has 2 rings (SSSR count). The van der Waals surface area contributed by atoms with E-state index in [1.807, 2.05) is 11.3 Å². The van der Waals surface area contributed by atoms with Crippen molar-refractivity contribution in [2.24, 2.45) is 0 Å². The van der Waals surface area contributed by atoms with Crippen molar-refractivity contribution in [1.82, 2.24) is 10.3 Å². The molecule has 90 valence electrons. The molecule has 0 saturated heterocycles. The third kappa shape index (κ3) is 2.83. The van der Waals surface area contributed by atoms with Crippen LogP contribution in [0.5, 0.6) is 0 Å². The summed E-state index contributed by atoms with van der Waals surface area (Å²) in [7, 11) is 0. The van der Waals surface area contributed by atoms with Crippen LogP contribution in [-0.2, 0) is 12.8 Å². The molecule has 0 aliphatic heterocycles. The normalized spacial score (nSPS) is 17.1. The molecule has 1 aromatic heterocycles. The van der Waals surface area contributed by atoms with Crippen LogP contribution in [0.3, 0.4) is 0 Å². The molecule has 0 amide bonds. The summed E-state index contributed by atoms with van der Waals surface area (Å²) in [4.78, 5) is 6.33. The Morgan fingerprint density at radius 3 is 2.94 bits per heavy atom. The number of hydrogen-bond donors (Lipinski definition) is 1. The second kappa shape index (κ2) is 5.78. The van der Waals surface area contributed by atoms with Gasteiger partial charge >= 0.3 is 0 Å². The Labute approximate surface area is 102 Å². The van der Waals surface area contributed by atoms with Gasteiger partial charge in [0.25, 0.3) is 0 Å². The Balaban J connectivity index is 1.95. The van der Waals surface area contributed by atoms with Crippen LogP contribution in [0.2, 0.25) is 0 Å². The summed E-state index contributed by atoms with van der Waals surface area (Å²) in [6.07, 6.45) is 7.66. The van der Waals surface area contributed by atoms with Gasteiger partial charge in [0.2, 0.25) is 0 Å². The number of aryl methyl sites for hydroxylation is 2. The minimum atomic E-state index is 0.433. The number of rotatable bonds is 5. The van der Waals surface area contributed by atoms with E-state index in [4.69, 9.17) is 4.98 Å². The van der Waals surface area contributed by atoms with Gasteiger partial charge in [-0.3, -0.25) is 0 Å². The van der Waals surface area contributed by atoms with E-state index >= 15 is 0 Å². The third-order valence-electron chi connectivity index (χ3n) is 3.21. The first-order valence-corrected chi connectivity index (χ1v) is 7.34. The van der Waals surface area contributed by atoms with E-state index in [9.17, 15) is 0 Å². The van der Waals surface area contributed by atoms with Crippen molar-refractivity contribution < 1.29 is 0 Å². The van der Waals surface area contributed by atoms with Gasteiger partial charge in [0.15, 0.2) is 0 Å². The Morgan fingerprint density at radius 2 is 2.19 bits per heavy atom. The molecule has 0 radical (unpaired) electrons. The smallest absolute Gasteiger partial charge is 0.110 e. The highest BCUT2D eigenvalue weighted by Crippen LogP contribution is 2.29. The van der Waals surface area contributed by atoms with Crippen LogP contribution in [0, 0.1) is 0 Å². The number of aromatic nitrogens is 1. The zero-order valence-corrected chi connectivity index (χ0v) is 11.2. The summed E-state index contributed by atoms with van der Waals surface area (Å²) in [5, 5.41) is 4.85. The fourth-order valence-corrected chi connectivity index (χ4v) is 3.32. The van der Waals surface area contributed by atoms with Gasteiger partial charge in [0, 0.05) is 4.88 Å². The number of unbranched alkanes of at least 4 members (excludes halogenated alkanes) is 1. The van der Waals surface area contributed by atoms with E-state index in [1.54, 1.807) is 4.88 Å². The summed E-state index contributed by atoms with van der Waals surface area (Å²) in [6, 6.07) is 0.433. The molecule has 0 bridgehead atoms. The zero-order chi connectivity index (χ0) is 11.4. The first-order chi connectivity index (χ1) is 7.81. The fourth-order valence-electron chi connectivity index (χ4n) is 2.14. The molecule has 0 saturated carbocycles. The molecular formula is C13H22N2S. The lowest BCUT2D eigenvalue weighted by atomic mass is 10.0. The van der Waals surface area contributed by atoms with Gasteiger partial charge in [-0.1, -0.05) is 13.3 Å². The quantitative estimate of drug-likeness (QED) is 0.795. The topological polar surface area (TPSA) is 24.9 Å². The number of nitrogens with zero attached hydrogens (tertiary/aromatic N) is 1. The van der Waals surface area contributed by atoms with Gasteiger partial charge in [-0.05, 0) is 45.6 Å². The standard InChI is InChI=1S/C13H22N2S/c1-3-4-9-14-10(2)13-15-11-7-5-6-8-12(11)16-13/h10,14H,3-9H2,1-2H3. The first kappa shape index (κ1) is 12.1. The molecule has 16 heavy (non-hydrogen) atoms. The molecule has 1 unspecified atom stereocenters. The van der Waals surface area contributed by atoms with Crippen molar-refractivity contribution >= 4 is 11.3 Å². The lowest BCUT2D eigenvalue weighted by Gasteiger charge is -2.09. The van der Waals surface area contributed by atoms with Crippen LogP contribution in [0.25, 0.3) is 0 Å². The van der Waals surface area contributed by atoms with Gasteiger partial charge in [0.05, 0.1) is 11.7 Å². The van der Waals surface area contributed by atoms with Crippen LogP contribution in [0.15, 0.2) is 0 Å². The Bertz CT molecular complexity index is 309. The minimum absolute atomic E-state index is 0.433. The third-order valence-corrected chi connectivity index (χ3v) is 4.55. The Morgan fingerprint density at radius 1 is 1.38 bits per heavy atom. The van der Waals surface area contributed by atoms with Crippen LogP contribution in [-0.4, -0.2) is 11.5 Å². The molecule has 1 aliphatic rings. The van der Waals surface area contributed by atoms with Gasteiger partial charge in [-0.2, -0.15) is 0 Å². The van der Waals surface area contributed by atoms with Gasteiger partial charge < -0.3 is 5.32 Å². The second-order valence-corrected chi connectivity index (χ2v) is 5.77. The van der Waals surface area contributed by atoms with Crippen molar-refractivity contribution in [3.8, 4) is 0 Å². The predicted molar refractivity (Wildman–Crippen MR) is 70.1 cm³/mol. The molecule has 0 spiro atoms. The Kier molecular flexibility index (Phi) is 4.36. The second-order valence-electron chi connectivity index (χ2n) is 4.66. The van der Waals surface area contributed by atoms with E-state index < -0.39 is 0 Å². The minimum Gasteiger partial charge on any atom is -0.308 e. The average molecular weight is 238 g/mol. The van der Waals surface area contributed by atoms with Crippen molar-refractivity contribution in [1.29, 1.82) is 0 Å². The fraction of sp³-hybridized carbons (Fsp3) is 0.769. The van der Waals surface area contributed by atoms with Crippen molar-refractivity contribution in [2.45, 2.75) is 58.4 Å². The highest BCUT2D eigenvalue weighted by molar-refractivity contribution is 7.11. The van der Waals surface area contributed by atoms with Crippen LogP contribution in [0.1, 0.15) is 61.2 Å². The van der Waals surface area contributed by atoms with E-state index in [2.05, 4.69) is 19.2 Å². The SMILES string of the molecule is CCCCNC(C)c1nc2c(s1)CCCC2. The highest BCUT2D eigenvalue weighted by Gasteiger charge is 2.17. The summed E-state index contributed by atoms with van der Waals surface area (Å²) in [5.41, 5.74) is 1.38. The molecule has 1 atom stereocenters. The number of nitrogens with one attached hydrogen (secondary N) is 1. The van der Waals surface area contributed by atoms with E-state index in [0.29, 0.717) is 6.04 Å². The average Bonchev–Trinajstić information content (AvgIpc) is 2.73. The monoisotopic (exact) mass is 238 g/mol. The van der Waals surface area contributed by atoms with Gasteiger partial charge in [0.1, 0.15) is 5.01 Å². The van der Waals surface area contributed by atoms with Gasteiger partial charge in [-0.15, -0.1) is 11.3 Å². The molecular weight excluding hydrogens is 216 g/mol. The summed E-state index contributed by atoms with van der Waals surface area (Å²) in [5.74, 6) is 0. The molecule has 3 heteroatoms. The first-order valence-electron chi connectivity index (χ1n) is 6.53. The van der Waals surface area contributed by atoms with E-state index in [-0.39, 0.29) is 0 Å². The molecule has 1 N–H and O–H groups in total. The van der Waals surface area contributed by atoms with Crippen molar-refractivity contribution in [3.05, 3.63) is 15.6 Å².